The normalized spacial score (nSPS) is 10.4. The van der Waals surface area contributed by atoms with Gasteiger partial charge in [0.15, 0.2) is 5.75 Å². The van der Waals surface area contributed by atoms with Crippen molar-refractivity contribution in [3.05, 3.63) is 24.0 Å². The minimum Gasteiger partial charge on any atom is -0.408 e. The van der Waals surface area contributed by atoms with Gasteiger partial charge in [-0.15, -0.1) is 0 Å². The van der Waals surface area contributed by atoms with E-state index in [0.29, 0.717) is 12.3 Å². The highest BCUT2D eigenvalue weighted by Crippen LogP contribution is 2.18. The molecule has 0 fully saturated rings. The Balaban J connectivity index is 0. The van der Waals surface area contributed by atoms with Crippen molar-refractivity contribution in [2.75, 3.05) is 60.0 Å². The maximum atomic E-state index is 11.8. The van der Waals surface area contributed by atoms with Gasteiger partial charge in [0.05, 0.1) is 5.69 Å². The third kappa shape index (κ3) is 22.5. The average Bonchev–Trinajstić information content (AvgIpc) is 2.87. The minimum absolute atomic E-state index is 0.373. The summed E-state index contributed by atoms with van der Waals surface area (Å²) in [5.41, 5.74) is 0.808. The predicted molar refractivity (Wildman–Crippen MR) is 164 cm³/mol. The fourth-order valence-electron chi connectivity index (χ4n) is 3.73. The molecular weight excluding hydrogens is 584 g/mol. The van der Waals surface area contributed by atoms with Crippen LogP contribution in [0, 0.1) is 0 Å². The zero-order valence-electron chi connectivity index (χ0n) is 24.2. The molecule has 0 aliphatic rings. The number of carbonyl (C=O) groups is 1. The van der Waals surface area contributed by atoms with Crippen molar-refractivity contribution in [3.63, 3.8) is 0 Å². The van der Waals surface area contributed by atoms with Crippen molar-refractivity contribution in [2.45, 2.75) is 83.6 Å². The number of nitrogens with zero attached hydrogens (tertiary/aromatic N) is 4. The Bertz CT molecular complexity index is 619. The molecule has 0 bridgehead atoms. The first-order valence-corrected chi connectivity index (χ1v) is 16.5. The average molecular weight is 639 g/mol. The maximum absolute atomic E-state index is 11.8. The van der Waals surface area contributed by atoms with E-state index >= 15 is 0 Å². The maximum Gasteiger partial charge on any atom is 0.414 e. The van der Waals surface area contributed by atoms with Gasteiger partial charge in [-0.05, 0) is 70.9 Å². The van der Waals surface area contributed by atoms with Crippen LogP contribution in [0.15, 0.2) is 18.3 Å². The Morgan fingerprint density at radius 2 is 1.19 bits per heavy atom. The number of pyridine rings is 1. The summed E-state index contributed by atoms with van der Waals surface area (Å²) >= 11 is 5.88. The second kappa shape index (κ2) is 27.3. The van der Waals surface area contributed by atoms with Crippen LogP contribution in [-0.4, -0.2) is 85.8 Å². The number of aromatic nitrogens is 1. The fraction of sp³-hybridized carbons (Fsp3) is 0.786. The summed E-state index contributed by atoms with van der Waals surface area (Å²) in [6.07, 6.45) is 17.7. The molecule has 1 rings (SSSR count). The predicted octanol–water partition coefficient (Wildman–Crippen LogP) is 7.84. The van der Waals surface area contributed by atoms with Gasteiger partial charge in [-0.1, -0.05) is 96.1 Å². The van der Waals surface area contributed by atoms with Gasteiger partial charge < -0.3 is 19.4 Å². The standard InChI is InChI=1S/C26H48N4O2.2CH3Br/c1-28(2)21-16-14-12-10-8-6-7-9-11-13-15-17-22-30(5)23-24-25(19-18-20-27-24)32-26(31)29(3)4;2*1-2/h18-20H,6-17,21-23H2,1-5H3;2*1H3. The molecule has 1 aromatic heterocycles. The van der Waals surface area contributed by atoms with E-state index in [-0.39, 0.29) is 6.09 Å². The lowest BCUT2D eigenvalue weighted by atomic mass is 10.0. The SMILES string of the molecule is CBr.CBr.CN(C)CCCCCCCCCCCCCCN(C)Cc1ncccc1OC(=O)N(C)C. The lowest BCUT2D eigenvalue weighted by Crippen LogP contribution is -2.26. The first kappa shape index (κ1) is 37.5. The number of amides is 1. The molecule has 0 aromatic carbocycles. The van der Waals surface area contributed by atoms with Crippen LogP contribution in [0.5, 0.6) is 5.75 Å². The quantitative estimate of drug-likeness (QED) is 0.121. The molecule has 0 unspecified atom stereocenters. The molecule has 0 saturated carbocycles. The molecule has 0 spiro atoms. The fourth-order valence-corrected chi connectivity index (χ4v) is 3.73. The van der Waals surface area contributed by atoms with Crippen LogP contribution in [0.1, 0.15) is 82.7 Å². The zero-order chi connectivity index (χ0) is 27.6. The lowest BCUT2D eigenvalue weighted by molar-refractivity contribution is 0.170. The van der Waals surface area contributed by atoms with Crippen molar-refractivity contribution >= 4 is 38.0 Å². The van der Waals surface area contributed by atoms with Gasteiger partial charge in [0.2, 0.25) is 0 Å². The third-order valence-corrected chi connectivity index (χ3v) is 5.73. The van der Waals surface area contributed by atoms with E-state index in [2.05, 4.69) is 67.8 Å². The van der Waals surface area contributed by atoms with Gasteiger partial charge in [0, 0.05) is 26.8 Å². The molecule has 1 heterocycles. The molecule has 36 heavy (non-hydrogen) atoms. The number of rotatable bonds is 18. The molecule has 6 nitrogen and oxygen atoms in total. The molecule has 8 heteroatoms. The summed E-state index contributed by atoms with van der Waals surface area (Å²) in [4.78, 5) is 22.2. The first-order valence-electron chi connectivity index (χ1n) is 13.3. The van der Waals surface area contributed by atoms with Crippen molar-refractivity contribution in [3.8, 4) is 5.75 Å². The Kier molecular flexibility index (Phi) is 28.4. The molecule has 212 valence electrons. The molecule has 0 aliphatic heterocycles. The zero-order valence-corrected chi connectivity index (χ0v) is 27.4. The van der Waals surface area contributed by atoms with Crippen molar-refractivity contribution < 1.29 is 9.53 Å². The van der Waals surface area contributed by atoms with Crippen LogP contribution in [0.3, 0.4) is 0 Å². The first-order chi connectivity index (χ1) is 17.4. The smallest absolute Gasteiger partial charge is 0.408 e. The van der Waals surface area contributed by atoms with Crippen LogP contribution < -0.4 is 4.74 Å². The highest BCUT2D eigenvalue weighted by atomic mass is 79.9. The molecule has 0 N–H and O–H groups in total. The third-order valence-electron chi connectivity index (χ3n) is 5.73. The van der Waals surface area contributed by atoms with Crippen molar-refractivity contribution in [1.29, 1.82) is 0 Å². The second-order valence-electron chi connectivity index (χ2n) is 9.49. The summed E-state index contributed by atoms with van der Waals surface area (Å²) in [6.45, 7) is 2.95. The van der Waals surface area contributed by atoms with Crippen LogP contribution >= 0.6 is 31.9 Å². The number of unbranched alkanes of at least 4 members (excludes halogenated alkanes) is 11. The number of carbonyl (C=O) groups excluding carboxylic acids is 1. The van der Waals surface area contributed by atoms with E-state index in [1.54, 1.807) is 26.4 Å². The van der Waals surface area contributed by atoms with E-state index in [0.717, 1.165) is 12.2 Å². The molecule has 0 atom stereocenters. The van der Waals surface area contributed by atoms with Crippen molar-refractivity contribution in [1.82, 2.24) is 19.7 Å². The molecule has 1 amide bonds. The van der Waals surface area contributed by atoms with Gasteiger partial charge in [-0.2, -0.15) is 0 Å². The highest BCUT2D eigenvalue weighted by Gasteiger charge is 2.13. The van der Waals surface area contributed by atoms with Crippen LogP contribution in [0.4, 0.5) is 4.79 Å². The molecule has 0 aliphatic carbocycles. The van der Waals surface area contributed by atoms with Gasteiger partial charge in [0.1, 0.15) is 0 Å². The Hall–Kier alpha value is -0.700. The Labute approximate surface area is 239 Å². The number of ether oxygens (including phenoxy) is 1. The van der Waals surface area contributed by atoms with Crippen LogP contribution in [-0.2, 0) is 6.54 Å². The molecule has 0 saturated heterocycles. The van der Waals surface area contributed by atoms with Gasteiger partial charge in [-0.25, -0.2) is 4.79 Å². The summed E-state index contributed by atoms with van der Waals surface area (Å²) in [7, 11) is 9.77. The van der Waals surface area contributed by atoms with Gasteiger partial charge in [-0.3, -0.25) is 4.98 Å². The van der Waals surface area contributed by atoms with Crippen LogP contribution in [0.25, 0.3) is 0 Å². The molecule has 0 radical (unpaired) electrons. The van der Waals surface area contributed by atoms with E-state index in [1.165, 1.54) is 88.5 Å². The number of halogens is 2. The molecular formula is C28H54Br2N4O2. The van der Waals surface area contributed by atoms with E-state index in [4.69, 9.17) is 4.74 Å². The van der Waals surface area contributed by atoms with Gasteiger partial charge in [0.25, 0.3) is 0 Å². The van der Waals surface area contributed by atoms with Crippen LogP contribution in [0.2, 0.25) is 0 Å². The van der Waals surface area contributed by atoms with Gasteiger partial charge >= 0.3 is 6.09 Å². The topological polar surface area (TPSA) is 48.9 Å². The summed E-state index contributed by atoms with van der Waals surface area (Å²) in [5.74, 6) is 4.17. The second-order valence-corrected chi connectivity index (χ2v) is 9.49. The lowest BCUT2D eigenvalue weighted by Gasteiger charge is -2.18. The Morgan fingerprint density at radius 3 is 1.64 bits per heavy atom. The highest BCUT2D eigenvalue weighted by molar-refractivity contribution is 9.09. The largest absolute Gasteiger partial charge is 0.414 e. The summed E-state index contributed by atoms with van der Waals surface area (Å²) in [6, 6.07) is 3.61. The monoisotopic (exact) mass is 636 g/mol. The van der Waals surface area contributed by atoms with E-state index in [1.807, 2.05) is 17.7 Å². The number of alkyl halides is 2. The summed E-state index contributed by atoms with van der Waals surface area (Å²) < 4.78 is 5.43. The van der Waals surface area contributed by atoms with E-state index < -0.39 is 0 Å². The number of hydrogen-bond acceptors (Lipinski definition) is 5. The summed E-state index contributed by atoms with van der Waals surface area (Å²) in [5, 5.41) is 0. The number of hydrogen-bond donors (Lipinski definition) is 0. The van der Waals surface area contributed by atoms with Crippen molar-refractivity contribution in [2.24, 2.45) is 0 Å². The minimum atomic E-state index is -0.373. The Morgan fingerprint density at radius 1 is 0.750 bits per heavy atom. The van der Waals surface area contributed by atoms with E-state index in [9.17, 15) is 4.79 Å². The molecule has 1 aromatic rings.